The monoisotopic (exact) mass is 272 g/mol. The average molecular weight is 272 g/mol. The van der Waals surface area contributed by atoms with Gasteiger partial charge in [0.25, 0.3) is 0 Å². The van der Waals surface area contributed by atoms with E-state index >= 15 is 0 Å². The Labute approximate surface area is 119 Å². The zero-order chi connectivity index (χ0) is 14.5. The fourth-order valence-electron chi connectivity index (χ4n) is 3.96. The second kappa shape index (κ2) is 4.45. The predicted octanol–water partition coefficient (Wildman–Crippen LogP) is 2.52. The van der Waals surface area contributed by atoms with E-state index in [0.717, 1.165) is 5.56 Å². The molecule has 3 rings (SSSR count). The third kappa shape index (κ3) is 1.66. The molecule has 1 fully saturated rings. The number of methoxy groups -OCH3 is 1. The molecule has 20 heavy (non-hydrogen) atoms. The fraction of sp³-hybridized carbons (Fsp3) is 0.471. The minimum Gasteiger partial charge on any atom is -0.498 e. The maximum Gasteiger partial charge on any atom is 0.147 e. The lowest BCUT2D eigenvalue weighted by Crippen LogP contribution is -2.45. The first-order valence-corrected chi connectivity index (χ1v) is 7.05. The highest BCUT2D eigenvalue weighted by atomic mass is 16.5. The largest absolute Gasteiger partial charge is 0.498 e. The number of Topliss-reactive ketones (excluding diaryl/α,β-unsaturated/α-hetero) is 1. The molecule has 0 spiro atoms. The summed E-state index contributed by atoms with van der Waals surface area (Å²) in [6.07, 6.45) is 1.81. The minimum absolute atomic E-state index is 0.0348. The van der Waals surface area contributed by atoms with Gasteiger partial charge in [0.15, 0.2) is 0 Å². The predicted molar refractivity (Wildman–Crippen MR) is 76.0 cm³/mol. The molecule has 3 nitrogen and oxygen atoms in total. The van der Waals surface area contributed by atoms with Crippen LogP contribution in [0.3, 0.4) is 0 Å². The van der Waals surface area contributed by atoms with E-state index in [1.54, 1.807) is 14.0 Å². The van der Waals surface area contributed by atoms with E-state index in [0.29, 0.717) is 5.76 Å². The number of fused-ring (bicyclic) bond motifs is 2. The summed E-state index contributed by atoms with van der Waals surface area (Å²) in [6.45, 7) is 3.78. The topological polar surface area (TPSA) is 46.5 Å². The van der Waals surface area contributed by atoms with Crippen LogP contribution >= 0.6 is 0 Å². The van der Waals surface area contributed by atoms with E-state index in [4.69, 9.17) is 4.74 Å². The van der Waals surface area contributed by atoms with E-state index in [-0.39, 0.29) is 23.5 Å². The molecule has 2 aliphatic rings. The normalized spacial score (nSPS) is 39.6. The van der Waals surface area contributed by atoms with Crippen molar-refractivity contribution < 1.29 is 14.6 Å². The third-order valence-corrected chi connectivity index (χ3v) is 4.97. The highest BCUT2D eigenvalue weighted by Crippen LogP contribution is 2.55. The number of rotatable bonds is 2. The molecule has 0 radical (unpaired) electrons. The molecular weight excluding hydrogens is 252 g/mol. The smallest absolute Gasteiger partial charge is 0.147 e. The molecule has 0 heterocycles. The van der Waals surface area contributed by atoms with Crippen LogP contribution in [0.4, 0.5) is 0 Å². The van der Waals surface area contributed by atoms with Crippen LogP contribution < -0.4 is 0 Å². The van der Waals surface area contributed by atoms with Crippen LogP contribution in [0.25, 0.3) is 0 Å². The van der Waals surface area contributed by atoms with Gasteiger partial charge in [0.2, 0.25) is 0 Å². The number of hydrogen-bond donors (Lipinski definition) is 1. The average Bonchev–Trinajstić information content (AvgIpc) is 2.63. The summed E-state index contributed by atoms with van der Waals surface area (Å²) in [5.74, 6) is 0.293. The van der Waals surface area contributed by atoms with Crippen molar-refractivity contribution in [3.8, 4) is 0 Å². The standard InChI is InChI=1S/C17H20O3/c1-10-12-9-13(20-3)17(2,19)15(16(12)18)14(10)11-7-5-4-6-8-11/h4-10,12,14-15,19H,1-3H3/t10-,12-,14-,15+,17-/m0/s1. The van der Waals surface area contributed by atoms with Gasteiger partial charge in [-0.05, 0) is 24.5 Å². The molecule has 0 aliphatic heterocycles. The van der Waals surface area contributed by atoms with Gasteiger partial charge in [0.05, 0.1) is 13.0 Å². The number of aliphatic hydroxyl groups is 1. The van der Waals surface area contributed by atoms with Crippen molar-refractivity contribution in [2.24, 2.45) is 17.8 Å². The molecule has 1 N–H and O–H groups in total. The van der Waals surface area contributed by atoms with Crippen molar-refractivity contribution in [1.29, 1.82) is 0 Å². The van der Waals surface area contributed by atoms with Crippen molar-refractivity contribution in [3.05, 3.63) is 47.7 Å². The highest BCUT2D eigenvalue weighted by molar-refractivity contribution is 5.92. The van der Waals surface area contributed by atoms with E-state index in [2.05, 4.69) is 6.92 Å². The number of carbonyl (C=O) groups is 1. The lowest BCUT2D eigenvalue weighted by atomic mass is 9.74. The van der Waals surface area contributed by atoms with E-state index in [1.165, 1.54) is 0 Å². The second-order valence-electron chi connectivity index (χ2n) is 6.08. The Hall–Kier alpha value is -1.61. The zero-order valence-electron chi connectivity index (χ0n) is 12.0. The molecule has 3 heteroatoms. The van der Waals surface area contributed by atoms with Crippen LogP contribution in [0.1, 0.15) is 25.3 Å². The van der Waals surface area contributed by atoms with Crippen LogP contribution in [-0.4, -0.2) is 23.6 Å². The van der Waals surface area contributed by atoms with Crippen molar-refractivity contribution >= 4 is 5.78 Å². The Kier molecular flexibility index (Phi) is 2.98. The van der Waals surface area contributed by atoms with Crippen LogP contribution in [0.2, 0.25) is 0 Å². The van der Waals surface area contributed by atoms with Crippen LogP contribution in [0.5, 0.6) is 0 Å². The number of ether oxygens (including phenoxy) is 1. The van der Waals surface area contributed by atoms with E-state index in [9.17, 15) is 9.90 Å². The summed E-state index contributed by atoms with van der Waals surface area (Å²) in [4.78, 5) is 12.6. The van der Waals surface area contributed by atoms with Gasteiger partial charge in [-0.15, -0.1) is 0 Å². The lowest BCUT2D eigenvalue weighted by Gasteiger charge is -2.36. The van der Waals surface area contributed by atoms with Gasteiger partial charge in [-0.3, -0.25) is 4.79 Å². The Balaban J connectivity index is 2.11. The first-order valence-electron chi connectivity index (χ1n) is 7.05. The molecule has 0 saturated heterocycles. The van der Waals surface area contributed by atoms with Crippen molar-refractivity contribution in [3.63, 3.8) is 0 Å². The molecule has 5 atom stereocenters. The molecule has 1 saturated carbocycles. The molecule has 106 valence electrons. The quantitative estimate of drug-likeness (QED) is 0.900. The summed E-state index contributed by atoms with van der Waals surface area (Å²) >= 11 is 0. The molecule has 0 amide bonds. The second-order valence-corrected chi connectivity index (χ2v) is 6.08. The van der Waals surface area contributed by atoms with Crippen LogP contribution in [0.15, 0.2) is 42.2 Å². The molecule has 2 aliphatic carbocycles. The zero-order valence-corrected chi connectivity index (χ0v) is 12.0. The van der Waals surface area contributed by atoms with Gasteiger partial charge in [-0.1, -0.05) is 37.3 Å². The van der Waals surface area contributed by atoms with Crippen molar-refractivity contribution in [2.45, 2.75) is 25.4 Å². The maximum absolute atomic E-state index is 12.6. The van der Waals surface area contributed by atoms with Gasteiger partial charge in [0.1, 0.15) is 17.1 Å². The Morgan fingerprint density at radius 3 is 2.50 bits per heavy atom. The fourth-order valence-corrected chi connectivity index (χ4v) is 3.96. The summed E-state index contributed by atoms with van der Waals surface area (Å²) < 4.78 is 5.33. The SMILES string of the molecule is COC1=C[C@@H]2C(=O)[C@@H]([C@H](c3ccccc3)[C@H]2C)[C@@]1(C)O. The summed E-state index contributed by atoms with van der Waals surface area (Å²) in [5.41, 5.74) is -0.111. The number of ketones is 1. The Morgan fingerprint density at radius 1 is 1.25 bits per heavy atom. The number of hydrogen-bond acceptors (Lipinski definition) is 3. The van der Waals surface area contributed by atoms with Crippen LogP contribution in [-0.2, 0) is 9.53 Å². The third-order valence-electron chi connectivity index (χ3n) is 4.97. The van der Waals surface area contributed by atoms with E-state index in [1.807, 2.05) is 36.4 Å². The van der Waals surface area contributed by atoms with E-state index < -0.39 is 11.5 Å². The van der Waals surface area contributed by atoms with Gasteiger partial charge < -0.3 is 9.84 Å². The first-order chi connectivity index (χ1) is 9.48. The molecule has 2 bridgehead atoms. The molecule has 1 aromatic carbocycles. The first kappa shape index (κ1) is 13.4. The number of carbonyl (C=O) groups excluding carboxylic acids is 1. The summed E-state index contributed by atoms with van der Waals surface area (Å²) in [7, 11) is 1.55. The van der Waals surface area contributed by atoms with Gasteiger partial charge in [0, 0.05) is 11.8 Å². The summed E-state index contributed by atoms with van der Waals surface area (Å²) in [5, 5.41) is 10.8. The highest BCUT2D eigenvalue weighted by Gasteiger charge is 2.59. The lowest BCUT2D eigenvalue weighted by molar-refractivity contribution is -0.132. The van der Waals surface area contributed by atoms with Gasteiger partial charge in [-0.2, -0.15) is 0 Å². The maximum atomic E-state index is 12.6. The van der Waals surface area contributed by atoms with Crippen molar-refractivity contribution in [1.82, 2.24) is 0 Å². The Morgan fingerprint density at radius 2 is 1.90 bits per heavy atom. The number of allylic oxidation sites excluding steroid dienone is 1. The van der Waals surface area contributed by atoms with Gasteiger partial charge >= 0.3 is 0 Å². The summed E-state index contributed by atoms with van der Waals surface area (Å²) in [6, 6.07) is 10.0. The van der Waals surface area contributed by atoms with Gasteiger partial charge in [-0.25, -0.2) is 0 Å². The number of benzene rings is 1. The molecule has 1 aromatic rings. The van der Waals surface area contributed by atoms with Crippen LogP contribution in [0, 0.1) is 17.8 Å². The molecule has 0 unspecified atom stereocenters. The minimum atomic E-state index is -1.23. The molecule has 0 aromatic heterocycles. The van der Waals surface area contributed by atoms with Crippen molar-refractivity contribution in [2.75, 3.05) is 7.11 Å². The molecular formula is C17H20O3. The Bertz CT molecular complexity index is 559.